The first-order valence-electron chi connectivity index (χ1n) is 16.5. The van der Waals surface area contributed by atoms with E-state index in [1.807, 2.05) is 60.7 Å². The van der Waals surface area contributed by atoms with Crippen LogP contribution in [0.5, 0.6) is 0 Å². The van der Waals surface area contributed by atoms with Crippen LogP contribution >= 0.6 is 11.8 Å². The Labute approximate surface area is 294 Å². The first-order valence-corrected chi connectivity index (χ1v) is 17.5. The Balaban J connectivity index is 1.40. The zero-order chi connectivity index (χ0) is 35.6. The van der Waals surface area contributed by atoms with Crippen molar-refractivity contribution in [3.63, 3.8) is 0 Å². The third-order valence-corrected chi connectivity index (χ3v) is 10.0. The van der Waals surface area contributed by atoms with Crippen molar-refractivity contribution in [2.24, 2.45) is 5.92 Å². The molecular weight excluding hydrogens is 660 g/mol. The lowest BCUT2D eigenvalue weighted by atomic mass is 9.81. The molecule has 6 rings (SSSR count). The summed E-state index contributed by atoms with van der Waals surface area (Å²) in [6.45, 7) is 9.77. The molecule has 12 nitrogen and oxygen atoms in total. The second-order valence-electron chi connectivity index (χ2n) is 13.3. The highest BCUT2D eigenvalue weighted by Gasteiger charge is 2.56. The largest absolute Gasteiger partial charge is 0.448 e. The van der Waals surface area contributed by atoms with Gasteiger partial charge in [0.1, 0.15) is 29.3 Å². The van der Waals surface area contributed by atoms with Gasteiger partial charge in [-0.15, -0.1) is 11.8 Å². The molecule has 0 saturated carbocycles. The Morgan fingerprint density at radius 1 is 1.04 bits per heavy atom. The van der Waals surface area contributed by atoms with Crippen molar-refractivity contribution in [3.8, 4) is 0 Å². The zero-order valence-corrected chi connectivity index (χ0v) is 29.0. The van der Waals surface area contributed by atoms with Gasteiger partial charge < -0.3 is 29.7 Å². The number of alkyl carbamates (subject to hydrolysis) is 1. The summed E-state index contributed by atoms with van der Waals surface area (Å²) in [6, 6.07) is 17.7. The van der Waals surface area contributed by atoms with Crippen LogP contribution in [0, 0.1) is 5.92 Å². The van der Waals surface area contributed by atoms with E-state index in [4.69, 9.17) is 14.2 Å². The molecule has 0 radical (unpaired) electrons. The SMILES string of the molecule is C=CCOC(=O)N1CC(C(=C2CCNC2=O)C2=C(C(=O)OC(c3ccccc3)c3ccccc3)N3C(=O)[C@@H](NC(=O)OC(C)(C)C)[C@H]3SC2)C1. The van der Waals surface area contributed by atoms with Gasteiger partial charge in [-0.05, 0) is 49.5 Å². The molecule has 4 aliphatic heterocycles. The number of amides is 4. The number of carbonyl (C=O) groups excluding carboxylic acids is 5. The minimum Gasteiger partial charge on any atom is -0.448 e. The fourth-order valence-corrected chi connectivity index (χ4v) is 7.85. The minimum atomic E-state index is -0.942. The van der Waals surface area contributed by atoms with Crippen LogP contribution in [0.3, 0.4) is 0 Å². The lowest BCUT2D eigenvalue weighted by Gasteiger charge is -2.51. The predicted molar refractivity (Wildman–Crippen MR) is 185 cm³/mol. The highest BCUT2D eigenvalue weighted by atomic mass is 32.2. The van der Waals surface area contributed by atoms with Crippen molar-refractivity contribution in [3.05, 3.63) is 107 Å². The maximum Gasteiger partial charge on any atom is 0.410 e. The number of rotatable bonds is 9. The molecule has 2 aromatic rings. The fraction of sp³-hybridized carbons (Fsp3) is 0.378. The Bertz CT molecular complexity index is 1710. The van der Waals surface area contributed by atoms with E-state index >= 15 is 0 Å². The van der Waals surface area contributed by atoms with Crippen LogP contribution in [-0.2, 0) is 28.6 Å². The average molecular weight is 701 g/mol. The Morgan fingerprint density at radius 3 is 2.24 bits per heavy atom. The number of nitrogens with one attached hydrogen (secondary N) is 2. The van der Waals surface area contributed by atoms with Gasteiger partial charge in [0.05, 0.1) is 0 Å². The number of hydrogen-bond acceptors (Lipinski definition) is 9. The van der Waals surface area contributed by atoms with Crippen LogP contribution in [0.2, 0.25) is 0 Å². The fourth-order valence-electron chi connectivity index (χ4n) is 6.48. The first-order chi connectivity index (χ1) is 24.0. The van der Waals surface area contributed by atoms with Crippen LogP contribution in [0.4, 0.5) is 9.59 Å². The number of nitrogens with zero attached hydrogens (tertiary/aromatic N) is 2. The summed E-state index contributed by atoms with van der Waals surface area (Å²) in [4.78, 5) is 70.0. The monoisotopic (exact) mass is 700 g/mol. The molecule has 0 aromatic heterocycles. The second kappa shape index (κ2) is 14.4. The number of benzene rings is 2. The maximum atomic E-state index is 14.6. The van der Waals surface area contributed by atoms with Crippen molar-refractivity contribution in [2.75, 3.05) is 32.0 Å². The highest BCUT2D eigenvalue weighted by molar-refractivity contribution is 8.00. The molecule has 0 unspecified atom stereocenters. The quantitative estimate of drug-likeness (QED) is 0.128. The van der Waals surface area contributed by atoms with Gasteiger partial charge >= 0.3 is 18.2 Å². The van der Waals surface area contributed by atoms with Crippen molar-refractivity contribution >= 4 is 41.7 Å². The van der Waals surface area contributed by atoms with Gasteiger partial charge in [-0.3, -0.25) is 14.5 Å². The molecule has 0 bridgehead atoms. The molecule has 4 heterocycles. The number of hydrogen-bond donors (Lipinski definition) is 2. The average Bonchev–Trinajstić information content (AvgIpc) is 3.50. The molecular formula is C37H40N4O8S. The summed E-state index contributed by atoms with van der Waals surface area (Å²) < 4.78 is 16.9. The van der Waals surface area contributed by atoms with E-state index in [1.54, 1.807) is 20.8 Å². The molecule has 3 saturated heterocycles. The smallest absolute Gasteiger partial charge is 0.410 e. The zero-order valence-electron chi connectivity index (χ0n) is 28.2. The normalized spacial score (nSPS) is 21.4. The Morgan fingerprint density at radius 2 is 1.68 bits per heavy atom. The Kier molecular flexibility index (Phi) is 10.1. The maximum absolute atomic E-state index is 14.6. The number of esters is 1. The Hall–Kier alpha value is -5.04. The lowest BCUT2D eigenvalue weighted by Crippen LogP contribution is -2.71. The summed E-state index contributed by atoms with van der Waals surface area (Å²) in [6.07, 6.45) is -0.152. The molecule has 3 fully saturated rings. The van der Waals surface area contributed by atoms with Gasteiger partial charge in [0.15, 0.2) is 6.10 Å². The van der Waals surface area contributed by atoms with Gasteiger partial charge in [-0.1, -0.05) is 73.3 Å². The molecule has 0 spiro atoms. The van der Waals surface area contributed by atoms with Gasteiger partial charge in [-0.2, -0.15) is 0 Å². The van der Waals surface area contributed by atoms with Crippen LogP contribution in [0.1, 0.15) is 44.4 Å². The molecule has 4 aliphatic rings. The summed E-state index contributed by atoms with van der Waals surface area (Å²) in [7, 11) is 0. The molecule has 2 N–H and O–H groups in total. The third-order valence-electron chi connectivity index (χ3n) is 8.72. The molecule has 2 aromatic carbocycles. The topological polar surface area (TPSA) is 144 Å². The van der Waals surface area contributed by atoms with Crippen LogP contribution in [-0.4, -0.2) is 88.8 Å². The van der Waals surface area contributed by atoms with Crippen molar-refractivity contribution in [1.29, 1.82) is 0 Å². The first kappa shape index (κ1) is 34.8. The van der Waals surface area contributed by atoms with E-state index in [-0.39, 0.29) is 43.0 Å². The molecule has 0 aliphatic carbocycles. The molecule has 262 valence electrons. The number of ether oxygens (including phenoxy) is 3. The van der Waals surface area contributed by atoms with Crippen molar-refractivity contribution in [2.45, 2.75) is 50.3 Å². The molecule has 13 heteroatoms. The molecule has 4 amide bonds. The van der Waals surface area contributed by atoms with Crippen LogP contribution in [0.15, 0.2) is 95.7 Å². The lowest BCUT2D eigenvalue weighted by molar-refractivity contribution is -0.153. The van der Waals surface area contributed by atoms with E-state index in [0.717, 1.165) is 11.1 Å². The summed E-state index contributed by atoms with van der Waals surface area (Å²) in [5.74, 6) is -1.56. The number of carbonyl (C=O) groups is 5. The van der Waals surface area contributed by atoms with Crippen LogP contribution < -0.4 is 10.6 Å². The molecule has 2 atom stereocenters. The van der Waals surface area contributed by atoms with Gasteiger partial charge in [0, 0.05) is 36.9 Å². The van der Waals surface area contributed by atoms with Gasteiger partial charge in [0.2, 0.25) is 5.91 Å². The predicted octanol–water partition coefficient (Wildman–Crippen LogP) is 4.45. The number of β-lactam (4-membered cyclic amide) rings is 1. The number of thioether (sulfide) groups is 1. The van der Waals surface area contributed by atoms with Crippen LogP contribution in [0.25, 0.3) is 0 Å². The van der Waals surface area contributed by atoms with E-state index < -0.39 is 47.2 Å². The number of fused-ring (bicyclic) bond motifs is 1. The van der Waals surface area contributed by atoms with Crippen molar-refractivity contribution < 1.29 is 38.2 Å². The summed E-state index contributed by atoms with van der Waals surface area (Å²) >= 11 is 1.37. The van der Waals surface area contributed by atoms with Gasteiger partial charge in [0.25, 0.3) is 5.91 Å². The third kappa shape index (κ3) is 7.14. The van der Waals surface area contributed by atoms with Crippen molar-refractivity contribution in [1.82, 2.24) is 20.4 Å². The minimum absolute atomic E-state index is 0.0211. The second-order valence-corrected chi connectivity index (χ2v) is 14.4. The van der Waals surface area contributed by atoms with E-state index in [2.05, 4.69) is 17.2 Å². The molecule has 50 heavy (non-hydrogen) atoms. The summed E-state index contributed by atoms with van der Waals surface area (Å²) in [5, 5.41) is 4.91. The van der Waals surface area contributed by atoms with E-state index in [1.165, 1.54) is 27.6 Å². The van der Waals surface area contributed by atoms with E-state index in [0.29, 0.717) is 29.7 Å². The highest BCUT2D eigenvalue weighted by Crippen LogP contribution is 2.47. The van der Waals surface area contributed by atoms with Gasteiger partial charge in [-0.25, -0.2) is 14.4 Å². The van der Waals surface area contributed by atoms with E-state index in [9.17, 15) is 24.0 Å². The number of likely N-dealkylation sites (tertiary alicyclic amines) is 1. The summed E-state index contributed by atoms with van der Waals surface area (Å²) in [5.41, 5.74) is 2.34. The standard InChI is InChI=1S/C37H40N4O8S/c1-5-18-47-36(46)40-19-24(20-40)27(25-16-17-38-31(25)42)26-21-50-33-28(39-35(45)49-37(2,3)4)32(43)41(33)29(26)34(44)48-30(22-12-8-6-9-13-22)23-14-10-7-11-15-23/h5-15,24,28,30,33H,1,16-21H2,2-4H3,(H,38,42)(H,39,45)/t28-,33-/m1/s1.